The fraction of sp³-hybridized carbons (Fsp3) is 0.611. The highest BCUT2D eigenvalue weighted by Gasteiger charge is 2.15. The maximum Gasteiger partial charge on any atom is 0.387 e. The van der Waals surface area contributed by atoms with Gasteiger partial charge in [-0.2, -0.15) is 20.5 Å². The van der Waals surface area contributed by atoms with Gasteiger partial charge in [-0.25, -0.2) is 0 Å². The first kappa shape index (κ1) is 20.6. The number of alkyl halides is 2. The molecular weight excluding hydrogens is 360 g/mol. The molecule has 1 fully saturated rings. The zero-order valence-electron chi connectivity index (χ0n) is 15.3. The van der Waals surface area contributed by atoms with Gasteiger partial charge in [0, 0.05) is 18.3 Å². The Hall–Kier alpha value is -1.70. The number of hydrogen-bond acceptors (Lipinski definition) is 4. The van der Waals surface area contributed by atoms with Crippen LogP contribution in [0.25, 0.3) is 0 Å². The standard InChI is InChI=1S/C18H27F2N3O2S/c1-3-21-18(23-12-14-5-4-10-26-14)22-9-8-13-6-7-15(24-2)16(11-13)25-17(19)20/h6-7,11,14,17H,3-5,8-10,12H2,1-2H3,(H2,21,22,23). The summed E-state index contributed by atoms with van der Waals surface area (Å²) in [5.74, 6) is 2.37. The summed E-state index contributed by atoms with van der Waals surface area (Å²) in [6.45, 7) is 1.40. The molecule has 1 aromatic carbocycles. The number of methoxy groups -OCH3 is 1. The predicted octanol–water partition coefficient (Wildman–Crippen LogP) is 3.29. The average molecular weight is 387 g/mol. The van der Waals surface area contributed by atoms with Crippen molar-refractivity contribution in [3.05, 3.63) is 23.8 Å². The number of benzene rings is 1. The van der Waals surface area contributed by atoms with E-state index in [0.717, 1.165) is 24.6 Å². The molecule has 0 saturated carbocycles. The van der Waals surface area contributed by atoms with Gasteiger partial charge in [-0.15, -0.1) is 0 Å². The van der Waals surface area contributed by atoms with Crippen molar-refractivity contribution in [3.63, 3.8) is 0 Å². The first-order chi connectivity index (χ1) is 12.6. The van der Waals surface area contributed by atoms with Crippen molar-refractivity contribution in [2.24, 2.45) is 4.99 Å². The first-order valence-electron chi connectivity index (χ1n) is 8.88. The number of thioether (sulfide) groups is 1. The summed E-state index contributed by atoms with van der Waals surface area (Å²) < 4.78 is 34.6. The minimum atomic E-state index is -2.88. The molecule has 0 amide bonds. The van der Waals surface area contributed by atoms with Gasteiger partial charge in [-0.05, 0) is 49.6 Å². The molecule has 2 rings (SSSR count). The van der Waals surface area contributed by atoms with Crippen LogP contribution in [0.1, 0.15) is 25.3 Å². The van der Waals surface area contributed by atoms with Crippen LogP contribution in [0.5, 0.6) is 11.5 Å². The van der Waals surface area contributed by atoms with E-state index in [-0.39, 0.29) is 5.75 Å². The van der Waals surface area contributed by atoms with Crippen LogP contribution in [-0.2, 0) is 6.42 Å². The molecule has 1 heterocycles. The average Bonchev–Trinajstić information content (AvgIpc) is 3.13. The SMILES string of the molecule is CCNC(=NCC1CCCS1)NCCc1ccc(OC)c(OC(F)F)c1. The third-order valence-corrected chi connectivity index (χ3v) is 5.35. The van der Waals surface area contributed by atoms with Crippen LogP contribution in [-0.4, -0.2) is 50.3 Å². The Morgan fingerprint density at radius 2 is 2.19 bits per heavy atom. The maximum absolute atomic E-state index is 12.5. The molecule has 0 bridgehead atoms. The normalized spacial score (nSPS) is 17.4. The van der Waals surface area contributed by atoms with E-state index in [2.05, 4.69) is 20.4 Å². The van der Waals surface area contributed by atoms with E-state index < -0.39 is 6.61 Å². The van der Waals surface area contributed by atoms with Crippen molar-refractivity contribution in [3.8, 4) is 11.5 Å². The van der Waals surface area contributed by atoms with Crippen LogP contribution in [0, 0.1) is 0 Å². The van der Waals surface area contributed by atoms with Gasteiger partial charge in [0.2, 0.25) is 0 Å². The van der Waals surface area contributed by atoms with E-state index >= 15 is 0 Å². The first-order valence-corrected chi connectivity index (χ1v) is 9.92. The molecule has 0 radical (unpaired) electrons. The Balaban J connectivity index is 1.88. The lowest BCUT2D eigenvalue weighted by Crippen LogP contribution is -2.38. The molecule has 0 aromatic heterocycles. The highest BCUT2D eigenvalue weighted by atomic mass is 32.2. The van der Waals surface area contributed by atoms with Gasteiger partial charge in [-0.1, -0.05) is 6.07 Å². The van der Waals surface area contributed by atoms with Gasteiger partial charge >= 0.3 is 6.61 Å². The van der Waals surface area contributed by atoms with Gasteiger partial charge in [0.25, 0.3) is 0 Å². The molecule has 0 aliphatic carbocycles. The molecule has 2 N–H and O–H groups in total. The number of nitrogens with zero attached hydrogens (tertiary/aromatic N) is 1. The maximum atomic E-state index is 12.5. The van der Waals surface area contributed by atoms with Crippen LogP contribution in [0.4, 0.5) is 8.78 Å². The summed E-state index contributed by atoms with van der Waals surface area (Å²) in [6.07, 6.45) is 3.16. The molecule has 5 nitrogen and oxygen atoms in total. The Morgan fingerprint density at radius 3 is 2.85 bits per heavy atom. The van der Waals surface area contributed by atoms with E-state index in [4.69, 9.17) is 4.74 Å². The lowest BCUT2D eigenvalue weighted by molar-refractivity contribution is -0.0512. The second-order valence-electron chi connectivity index (χ2n) is 5.90. The van der Waals surface area contributed by atoms with Crippen molar-refractivity contribution in [1.29, 1.82) is 0 Å². The van der Waals surface area contributed by atoms with Crippen molar-refractivity contribution in [2.75, 3.05) is 32.5 Å². The van der Waals surface area contributed by atoms with Crippen molar-refractivity contribution >= 4 is 17.7 Å². The summed E-state index contributed by atoms with van der Waals surface area (Å²) in [5.41, 5.74) is 0.885. The molecule has 1 aliphatic rings. The van der Waals surface area contributed by atoms with Crippen LogP contribution in [0.15, 0.2) is 23.2 Å². The van der Waals surface area contributed by atoms with Gasteiger partial charge in [0.1, 0.15) is 0 Å². The summed E-state index contributed by atoms with van der Waals surface area (Å²) >= 11 is 1.98. The zero-order valence-corrected chi connectivity index (χ0v) is 16.1. The van der Waals surface area contributed by atoms with Gasteiger partial charge < -0.3 is 20.1 Å². The van der Waals surface area contributed by atoms with Gasteiger partial charge in [-0.3, -0.25) is 4.99 Å². The minimum absolute atomic E-state index is 0.0545. The Morgan fingerprint density at radius 1 is 1.35 bits per heavy atom. The number of guanidine groups is 1. The van der Waals surface area contributed by atoms with E-state index in [1.54, 1.807) is 12.1 Å². The second-order valence-corrected chi connectivity index (χ2v) is 7.30. The number of nitrogens with one attached hydrogen (secondary N) is 2. The third kappa shape index (κ3) is 6.90. The molecule has 8 heteroatoms. The number of halogens is 2. The summed E-state index contributed by atoms with van der Waals surface area (Å²) in [5, 5.41) is 7.14. The molecule has 1 atom stereocenters. The summed E-state index contributed by atoms with van der Waals surface area (Å²) in [6, 6.07) is 5.08. The van der Waals surface area contributed by atoms with Crippen LogP contribution >= 0.6 is 11.8 Å². The smallest absolute Gasteiger partial charge is 0.387 e. The second kappa shape index (κ2) is 11.1. The highest BCUT2D eigenvalue weighted by Crippen LogP contribution is 2.29. The molecule has 26 heavy (non-hydrogen) atoms. The van der Waals surface area contributed by atoms with Gasteiger partial charge in [0.05, 0.1) is 13.7 Å². The predicted molar refractivity (Wildman–Crippen MR) is 103 cm³/mol. The quantitative estimate of drug-likeness (QED) is 0.503. The summed E-state index contributed by atoms with van der Waals surface area (Å²) in [7, 11) is 1.43. The molecule has 1 saturated heterocycles. The Kier molecular flexibility index (Phi) is 8.80. The fourth-order valence-corrected chi connectivity index (χ4v) is 3.89. The largest absolute Gasteiger partial charge is 0.493 e. The molecule has 1 unspecified atom stereocenters. The Bertz CT molecular complexity index is 582. The summed E-state index contributed by atoms with van der Waals surface area (Å²) in [4.78, 5) is 4.64. The van der Waals surface area contributed by atoms with E-state index in [1.807, 2.05) is 24.8 Å². The molecular formula is C18H27F2N3O2S. The Labute approximate surface area is 157 Å². The van der Waals surface area contributed by atoms with Crippen molar-refractivity contribution < 1.29 is 18.3 Å². The highest BCUT2D eigenvalue weighted by molar-refractivity contribution is 8.00. The lowest BCUT2D eigenvalue weighted by Gasteiger charge is -2.14. The molecule has 1 aliphatic heterocycles. The fourth-order valence-electron chi connectivity index (χ4n) is 2.71. The zero-order chi connectivity index (χ0) is 18.8. The molecule has 1 aromatic rings. The van der Waals surface area contributed by atoms with E-state index in [0.29, 0.717) is 24.0 Å². The lowest BCUT2D eigenvalue weighted by atomic mass is 10.1. The third-order valence-electron chi connectivity index (χ3n) is 3.97. The number of aliphatic imine (C=N–C) groups is 1. The van der Waals surface area contributed by atoms with Crippen LogP contribution in [0.3, 0.4) is 0 Å². The van der Waals surface area contributed by atoms with Gasteiger partial charge in [0.15, 0.2) is 17.5 Å². The monoisotopic (exact) mass is 387 g/mol. The minimum Gasteiger partial charge on any atom is -0.493 e. The number of rotatable bonds is 9. The number of hydrogen-bond donors (Lipinski definition) is 2. The van der Waals surface area contributed by atoms with E-state index in [9.17, 15) is 8.78 Å². The van der Waals surface area contributed by atoms with Crippen LogP contribution in [0.2, 0.25) is 0 Å². The molecule has 0 spiro atoms. The topological polar surface area (TPSA) is 54.9 Å². The van der Waals surface area contributed by atoms with E-state index in [1.165, 1.54) is 25.7 Å². The van der Waals surface area contributed by atoms with Crippen molar-refractivity contribution in [2.45, 2.75) is 38.0 Å². The molecule has 146 valence electrons. The van der Waals surface area contributed by atoms with Crippen LogP contribution < -0.4 is 20.1 Å². The van der Waals surface area contributed by atoms with Crippen molar-refractivity contribution in [1.82, 2.24) is 10.6 Å². The number of ether oxygens (including phenoxy) is 2.